The fourth-order valence-electron chi connectivity index (χ4n) is 5.04. The molecule has 2 saturated carbocycles. The second kappa shape index (κ2) is 4.04. The molecule has 3 aliphatic carbocycles. The van der Waals surface area contributed by atoms with Gasteiger partial charge >= 0.3 is 0 Å². The summed E-state index contributed by atoms with van der Waals surface area (Å²) in [6.07, 6.45) is 2.38. The van der Waals surface area contributed by atoms with Crippen molar-refractivity contribution in [3.05, 3.63) is 11.6 Å². The van der Waals surface area contributed by atoms with Gasteiger partial charge in [-0.15, -0.1) is 0 Å². The third-order valence-corrected chi connectivity index (χ3v) is 6.12. The molecular weight excluding hydrogens is 244 g/mol. The number of rotatable bonds is 2. The van der Waals surface area contributed by atoms with Crippen molar-refractivity contribution in [3.8, 4) is 0 Å². The summed E-state index contributed by atoms with van der Waals surface area (Å²) in [5, 5.41) is 39.4. The van der Waals surface area contributed by atoms with Gasteiger partial charge in [0, 0.05) is 17.9 Å². The first-order chi connectivity index (χ1) is 8.87. The Morgan fingerprint density at radius 3 is 2.47 bits per heavy atom. The largest absolute Gasteiger partial charge is 0.396 e. The van der Waals surface area contributed by atoms with Crippen LogP contribution in [0.3, 0.4) is 0 Å². The lowest BCUT2D eigenvalue weighted by atomic mass is 9.45. The maximum atomic E-state index is 10.3. The zero-order valence-corrected chi connectivity index (χ0v) is 11.6. The molecule has 0 aromatic carbocycles. The topological polar surface area (TPSA) is 80.9 Å². The summed E-state index contributed by atoms with van der Waals surface area (Å²) in [5.41, 5.74) is 0.401. The molecular formula is C15H24O4. The van der Waals surface area contributed by atoms with E-state index in [0.717, 1.165) is 18.4 Å². The summed E-state index contributed by atoms with van der Waals surface area (Å²) >= 11 is 0. The average molecular weight is 268 g/mol. The van der Waals surface area contributed by atoms with Gasteiger partial charge < -0.3 is 20.4 Å². The molecule has 108 valence electrons. The summed E-state index contributed by atoms with van der Waals surface area (Å²) in [6.45, 7) is 4.21. The Kier molecular flexibility index (Phi) is 2.88. The van der Waals surface area contributed by atoms with Crippen molar-refractivity contribution in [1.82, 2.24) is 0 Å². The van der Waals surface area contributed by atoms with Crippen LogP contribution < -0.4 is 0 Å². The molecule has 0 aromatic heterocycles. The Labute approximate surface area is 113 Å². The van der Waals surface area contributed by atoms with Gasteiger partial charge in [0.2, 0.25) is 0 Å². The van der Waals surface area contributed by atoms with Crippen molar-refractivity contribution in [2.75, 3.05) is 13.2 Å². The molecule has 0 amide bonds. The molecule has 19 heavy (non-hydrogen) atoms. The lowest BCUT2D eigenvalue weighted by Gasteiger charge is -2.62. The number of fused-ring (bicyclic) bond motifs is 3. The molecule has 7 atom stereocenters. The van der Waals surface area contributed by atoms with Crippen LogP contribution in [0.2, 0.25) is 0 Å². The van der Waals surface area contributed by atoms with Gasteiger partial charge in [-0.1, -0.05) is 19.9 Å². The van der Waals surface area contributed by atoms with E-state index in [1.807, 2.05) is 6.92 Å². The number of allylic oxidation sites excluding steroid dienone is 1. The molecule has 0 heterocycles. The molecule has 3 rings (SSSR count). The zero-order chi connectivity index (χ0) is 14.0. The van der Waals surface area contributed by atoms with Crippen LogP contribution in [0, 0.1) is 28.6 Å². The molecule has 0 radical (unpaired) electrons. The Morgan fingerprint density at radius 1 is 1.21 bits per heavy atom. The Balaban J connectivity index is 1.99. The highest BCUT2D eigenvalue weighted by Crippen LogP contribution is 2.66. The highest BCUT2D eigenvalue weighted by atomic mass is 16.3. The van der Waals surface area contributed by atoms with E-state index in [9.17, 15) is 20.4 Å². The van der Waals surface area contributed by atoms with E-state index in [1.165, 1.54) is 0 Å². The number of hydrogen-bond acceptors (Lipinski definition) is 4. The van der Waals surface area contributed by atoms with Crippen molar-refractivity contribution < 1.29 is 20.4 Å². The minimum absolute atomic E-state index is 0.0525. The first-order valence-corrected chi connectivity index (χ1v) is 7.16. The summed E-state index contributed by atoms with van der Waals surface area (Å²) in [6, 6.07) is 0. The molecule has 4 heteroatoms. The van der Waals surface area contributed by atoms with E-state index in [-0.39, 0.29) is 35.9 Å². The summed E-state index contributed by atoms with van der Waals surface area (Å²) in [7, 11) is 0. The van der Waals surface area contributed by atoms with Gasteiger partial charge in [0.1, 0.15) is 0 Å². The molecule has 2 fully saturated rings. The normalized spacial score (nSPS) is 56.1. The Bertz CT molecular complexity index is 420. The van der Waals surface area contributed by atoms with E-state index in [4.69, 9.17) is 0 Å². The van der Waals surface area contributed by atoms with Crippen LogP contribution in [0.1, 0.15) is 26.7 Å². The monoisotopic (exact) mass is 268 g/mol. The van der Waals surface area contributed by atoms with Gasteiger partial charge in [-0.25, -0.2) is 0 Å². The molecule has 4 nitrogen and oxygen atoms in total. The summed E-state index contributed by atoms with van der Waals surface area (Å²) in [5.74, 6) is 0.445. The average Bonchev–Trinajstić information content (AvgIpc) is 2.75. The van der Waals surface area contributed by atoms with Gasteiger partial charge in [-0.2, -0.15) is 0 Å². The van der Waals surface area contributed by atoms with E-state index in [2.05, 4.69) is 13.0 Å². The van der Waals surface area contributed by atoms with Gasteiger partial charge in [-0.3, -0.25) is 0 Å². The molecule has 0 spiro atoms. The van der Waals surface area contributed by atoms with Crippen LogP contribution >= 0.6 is 0 Å². The number of hydrogen-bond donors (Lipinski definition) is 4. The summed E-state index contributed by atoms with van der Waals surface area (Å²) < 4.78 is 0. The molecule has 0 unspecified atom stereocenters. The van der Waals surface area contributed by atoms with Crippen LogP contribution in [-0.4, -0.2) is 45.8 Å². The smallest absolute Gasteiger partial charge is 0.0877 e. The molecule has 3 aliphatic rings. The first-order valence-electron chi connectivity index (χ1n) is 7.16. The van der Waals surface area contributed by atoms with Crippen LogP contribution in [0.5, 0.6) is 0 Å². The number of aliphatic hydroxyl groups excluding tert-OH is 4. The fourth-order valence-corrected chi connectivity index (χ4v) is 5.04. The van der Waals surface area contributed by atoms with Crippen LogP contribution in [0.25, 0.3) is 0 Å². The van der Waals surface area contributed by atoms with Crippen LogP contribution in [0.15, 0.2) is 11.6 Å². The van der Waals surface area contributed by atoms with Crippen molar-refractivity contribution in [2.24, 2.45) is 28.6 Å². The maximum Gasteiger partial charge on any atom is 0.0877 e. The van der Waals surface area contributed by atoms with Gasteiger partial charge in [0.05, 0.1) is 18.8 Å². The predicted octanol–water partition coefficient (Wildman–Crippen LogP) is 0.301. The molecule has 4 N–H and O–H groups in total. The van der Waals surface area contributed by atoms with Gasteiger partial charge in [0.15, 0.2) is 0 Å². The lowest BCUT2D eigenvalue weighted by molar-refractivity contribution is -0.229. The van der Waals surface area contributed by atoms with E-state index < -0.39 is 12.2 Å². The maximum absolute atomic E-state index is 10.3. The van der Waals surface area contributed by atoms with Crippen molar-refractivity contribution >= 4 is 0 Å². The lowest BCUT2D eigenvalue weighted by Crippen LogP contribution is -2.68. The third-order valence-electron chi connectivity index (χ3n) is 6.12. The minimum Gasteiger partial charge on any atom is -0.396 e. The van der Waals surface area contributed by atoms with Crippen LogP contribution in [0.4, 0.5) is 0 Å². The standard InChI is InChI=1S/C15H24O4/c1-14(7-17)4-8-3-9(6-16)11-12(18)13(19)15(11,2)10(8)5-14/h3,8,10-13,16-19H,4-7H2,1-2H3/t8-,10+,11-,12-,13-,14-,15-/m0/s1. The highest BCUT2D eigenvalue weighted by Gasteiger charge is 2.67. The second-order valence-electron chi connectivity index (χ2n) is 7.33. The minimum atomic E-state index is -0.759. The van der Waals surface area contributed by atoms with Crippen molar-refractivity contribution in [1.29, 1.82) is 0 Å². The number of aliphatic hydroxyl groups is 4. The molecule has 0 saturated heterocycles. The van der Waals surface area contributed by atoms with Crippen molar-refractivity contribution in [3.63, 3.8) is 0 Å². The highest BCUT2D eigenvalue weighted by molar-refractivity contribution is 5.31. The Morgan fingerprint density at radius 2 is 1.89 bits per heavy atom. The molecule has 0 aliphatic heterocycles. The molecule has 0 bridgehead atoms. The van der Waals surface area contributed by atoms with Gasteiger partial charge in [0.25, 0.3) is 0 Å². The van der Waals surface area contributed by atoms with Crippen LogP contribution in [-0.2, 0) is 0 Å². The van der Waals surface area contributed by atoms with E-state index in [1.54, 1.807) is 0 Å². The van der Waals surface area contributed by atoms with Crippen molar-refractivity contribution in [2.45, 2.75) is 38.9 Å². The zero-order valence-electron chi connectivity index (χ0n) is 11.6. The van der Waals surface area contributed by atoms with E-state index in [0.29, 0.717) is 5.92 Å². The van der Waals surface area contributed by atoms with E-state index >= 15 is 0 Å². The Hall–Kier alpha value is -0.420. The fraction of sp³-hybridized carbons (Fsp3) is 0.867. The predicted molar refractivity (Wildman–Crippen MR) is 70.2 cm³/mol. The van der Waals surface area contributed by atoms with Gasteiger partial charge in [-0.05, 0) is 35.7 Å². The first kappa shape index (κ1) is 13.6. The third kappa shape index (κ3) is 1.54. The second-order valence-corrected chi connectivity index (χ2v) is 7.33. The molecule has 0 aromatic rings. The summed E-state index contributed by atoms with van der Waals surface area (Å²) in [4.78, 5) is 0. The SMILES string of the molecule is C[C@@]1(CO)C[C@@H]2[C@@H](C=C(CO)[C@H]3[C@H](O)[C@H](O)[C@@]23C)C1. The quantitative estimate of drug-likeness (QED) is 0.543.